The van der Waals surface area contributed by atoms with Gasteiger partial charge < -0.3 is 19.8 Å². The normalized spacial score (nSPS) is 16.6. The maximum atomic E-state index is 14.1. The van der Waals surface area contributed by atoms with Gasteiger partial charge in [0.25, 0.3) is 11.5 Å². The van der Waals surface area contributed by atoms with Crippen molar-refractivity contribution in [3.05, 3.63) is 57.5 Å². The second-order valence-corrected chi connectivity index (χ2v) is 7.97. The van der Waals surface area contributed by atoms with Gasteiger partial charge in [-0.25, -0.2) is 9.37 Å². The lowest BCUT2D eigenvalue weighted by atomic mass is 9.88. The summed E-state index contributed by atoms with van der Waals surface area (Å²) < 4.78 is 59.9. The molecule has 1 heterocycles. The van der Waals surface area contributed by atoms with E-state index in [0.29, 0.717) is 5.82 Å². The number of alkyl halides is 3. The number of methoxy groups -OCH3 is 1. The van der Waals surface area contributed by atoms with E-state index in [-0.39, 0.29) is 23.3 Å². The van der Waals surface area contributed by atoms with Gasteiger partial charge in [-0.05, 0) is 30.5 Å². The van der Waals surface area contributed by atoms with Crippen LogP contribution in [0.25, 0.3) is 0 Å². The lowest BCUT2D eigenvalue weighted by Crippen LogP contribution is -2.34. The fourth-order valence-electron chi connectivity index (χ4n) is 3.81. The summed E-state index contributed by atoms with van der Waals surface area (Å²) >= 11 is 0. The third-order valence-electron chi connectivity index (χ3n) is 5.48. The summed E-state index contributed by atoms with van der Waals surface area (Å²) in [4.78, 5) is 32.0. The van der Waals surface area contributed by atoms with Gasteiger partial charge in [0.2, 0.25) is 0 Å². The second-order valence-electron chi connectivity index (χ2n) is 7.97. The summed E-state index contributed by atoms with van der Waals surface area (Å²) in [6, 6.07) is 2.97. The van der Waals surface area contributed by atoms with Crippen LogP contribution < -0.4 is 15.6 Å². The van der Waals surface area contributed by atoms with Crippen LogP contribution >= 0.6 is 0 Å². The number of benzene rings is 1. The number of nitrogens with zero attached hydrogens (tertiary/aromatic N) is 1. The van der Waals surface area contributed by atoms with Crippen LogP contribution in [0, 0.1) is 5.82 Å². The maximum Gasteiger partial charge on any atom is 0.573 e. The van der Waals surface area contributed by atoms with E-state index in [4.69, 9.17) is 4.74 Å². The number of amides is 1. The number of aromatic nitrogens is 2. The SMILES string of the molecule is COCC(NC(=O)c1cc(=O)[nH]c(C2(C)CCCC2)n1)c1ccc(OC(F)(F)F)c(F)c1. The zero-order valence-electron chi connectivity index (χ0n) is 17.5. The number of halogens is 4. The summed E-state index contributed by atoms with van der Waals surface area (Å²) in [5.74, 6) is -2.51. The zero-order valence-corrected chi connectivity index (χ0v) is 17.5. The van der Waals surface area contributed by atoms with Crippen molar-refractivity contribution in [1.29, 1.82) is 0 Å². The molecule has 0 radical (unpaired) electrons. The molecule has 1 aliphatic carbocycles. The molecular formula is C21H23F4N3O4. The number of carbonyl (C=O) groups is 1. The van der Waals surface area contributed by atoms with Crippen LogP contribution in [-0.2, 0) is 10.2 Å². The topological polar surface area (TPSA) is 93.3 Å². The molecule has 1 unspecified atom stereocenters. The molecule has 7 nitrogen and oxygen atoms in total. The quantitative estimate of drug-likeness (QED) is 0.618. The Hall–Kier alpha value is -2.95. The van der Waals surface area contributed by atoms with Crippen molar-refractivity contribution >= 4 is 5.91 Å². The van der Waals surface area contributed by atoms with Crippen molar-refractivity contribution in [3.63, 3.8) is 0 Å². The first kappa shape index (κ1) is 23.7. The number of ether oxygens (including phenoxy) is 2. The van der Waals surface area contributed by atoms with Gasteiger partial charge in [-0.2, -0.15) is 0 Å². The van der Waals surface area contributed by atoms with Crippen molar-refractivity contribution in [2.75, 3.05) is 13.7 Å². The maximum absolute atomic E-state index is 14.1. The molecule has 3 rings (SSSR count). The number of hydrogen-bond donors (Lipinski definition) is 2. The Kier molecular flexibility index (Phi) is 6.87. The minimum atomic E-state index is -5.04. The largest absolute Gasteiger partial charge is 0.573 e. The van der Waals surface area contributed by atoms with Gasteiger partial charge in [-0.3, -0.25) is 9.59 Å². The van der Waals surface area contributed by atoms with Gasteiger partial charge in [-0.15, -0.1) is 13.2 Å². The first-order valence-corrected chi connectivity index (χ1v) is 9.97. The molecule has 1 fully saturated rings. The van der Waals surface area contributed by atoms with E-state index in [2.05, 4.69) is 20.0 Å². The van der Waals surface area contributed by atoms with Crippen molar-refractivity contribution in [2.45, 2.75) is 50.4 Å². The third kappa shape index (κ3) is 5.64. The number of nitrogens with one attached hydrogen (secondary N) is 2. The number of rotatable bonds is 7. The Morgan fingerprint density at radius 3 is 2.56 bits per heavy atom. The first-order chi connectivity index (χ1) is 15.0. The smallest absolute Gasteiger partial charge is 0.403 e. The van der Waals surface area contributed by atoms with Gasteiger partial charge in [-0.1, -0.05) is 25.8 Å². The van der Waals surface area contributed by atoms with Crippen molar-refractivity contribution in [3.8, 4) is 5.75 Å². The molecule has 1 aromatic heterocycles. The van der Waals surface area contributed by atoms with Gasteiger partial charge in [0.1, 0.15) is 11.5 Å². The molecule has 1 amide bonds. The van der Waals surface area contributed by atoms with E-state index in [1.165, 1.54) is 13.2 Å². The molecule has 0 aliphatic heterocycles. The lowest BCUT2D eigenvalue weighted by molar-refractivity contribution is -0.275. The van der Waals surface area contributed by atoms with Crippen LogP contribution in [-0.4, -0.2) is 36.0 Å². The Morgan fingerprint density at radius 2 is 1.97 bits per heavy atom. The molecule has 174 valence electrons. The highest BCUT2D eigenvalue weighted by Crippen LogP contribution is 2.38. The van der Waals surface area contributed by atoms with Crippen LogP contribution in [0.2, 0.25) is 0 Å². The van der Waals surface area contributed by atoms with Gasteiger partial charge in [0, 0.05) is 18.6 Å². The molecule has 1 aliphatic rings. The zero-order chi connectivity index (χ0) is 23.5. The Balaban J connectivity index is 1.84. The van der Waals surface area contributed by atoms with Crippen molar-refractivity contribution in [2.24, 2.45) is 0 Å². The standard InChI is InChI=1S/C21H23F4N3O4/c1-20(7-3-4-8-20)19-27-14(10-17(29)28-19)18(30)26-15(11-31-2)12-5-6-16(13(22)9-12)32-21(23,24)25/h5-6,9-10,15H,3-4,7-8,11H2,1-2H3,(H,26,30)(H,27,28,29). The number of aromatic amines is 1. The third-order valence-corrected chi connectivity index (χ3v) is 5.48. The van der Waals surface area contributed by atoms with E-state index in [0.717, 1.165) is 43.9 Å². The average Bonchev–Trinajstić information content (AvgIpc) is 3.15. The van der Waals surface area contributed by atoms with E-state index >= 15 is 0 Å². The van der Waals surface area contributed by atoms with Crippen LogP contribution in [0.1, 0.15) is 60.5 Å². The fraction of sp³-hybridized carbons (Fsp3) is 0.476. The highest BCUT2D eigenvalue weighted by Gasteiger charge is 2.34. The Bertz CT molecular complexity index is 1030. The number of carbonyl (C=O) groups excluding carboxylic acids is 1. The Labute approximate surface area is 181 Å². The van der Waals surface area contributed by atoms with E-state index in [1.54, 1.807) is 0 Å². The van der Waals surface area contributed by atoms with Gasteiger partial charge >= 0.3 is 6.36 Å². The molecule has 1 saturated carbocycles. The molecule has 32 heavy (non-hydrogen) atoms. The lowest BCUT2D eigenvalue weighted by Gasteiger charge is -2.23. The molecule has 1 atom stereocenters. The molecule has 2 N–H and O–H groups in total. The van der Waals surface area contributed by atoms with Crippen LogP contribution in [0.15, 0.2) is 29.1 Å². The second kappa shape index (κ2) is 9.27. The first-order valence-electron chi connectivity index (χ1n) is 9.97. The van der Waals surface area contributed by atoms with E-state index in [1.807, 2.05) is 6.92 Å². The average molecular weight is 457 g/mol. The Morgan fingerprint density at radius 1 is 1.28 bits per heavy atom. The summed E-state index contributed by atoms with van der Waals surface area (Å²) in [7, 11) is 1.35. The van der Waals surface area contributed by atoms with Gasteiger partial charge in [0.05, 0.1) is 12.6 Å². The summed E-state index contributed by atoms with van der Waals surface area (Å²) in [6.45, 7) is 1.87. The van der Waals surface area contributed by atoms with E-state index in [9.17, 15) is 27.2 Å². The minimum Gasteiger partial charge on any atom is -0.403 e. The fourth-order valence-corrected chi connectivity index (χ4v) is 3.81. The molecule has 0 saturated heterocycles. The number of H-pyrrole nitrogens is 1. The predicted molar refractivity (Wildman–Crippen MR) is 106 cm³/mol. The molecule has 11 heteroatoms. The summed E-state index contributed by atoms with van der Waals surface area (Å²) in [6.07, 6.45) is -1.39. The van der Waals surface area contributed by atoms with Crippen molar-refractivity contribution < 1.29 is 31.8 Å². The molecule has 0 spiro atoms. The number of hydrogen-bond acceptors (Lipinski definition) is 5. The summed E-state index contributed by atoms with van der Waals surface area (Å²) in [5.41, 5.74) is -0.773. The highest BCUT2D eigenvalue weighted by atomic mass is 19.4. The highest BCUT2D eigenvalue weighted by molar-refractivity contribution is 5.92. The molecule has 2 aromatic rings. The monoisotopic (exact) mass is 457 g/mol. The molecule has 1 aromatic carbocycles. The van der Waals surface area contributed by atoms with Crippen molar-refractivity contribution in [1.82, 2.24) is 15.3 Å². The van der Waals surface area contributed by atoms with Gasteiger partial charge in [0.15, 0.2) is 11.6 Å². The van der Waals surface area contributed by atoms with Crippen LogP contribution in [0.4, 0.5) is 17.6 Å². The molecule has 0 bridgehead atoms. The summed E-state index contributed by atoms with van der Waals surface area (Å²) in [5, 5.41) is 2.59. The van der Waals surface area contributed by atoms with E-state index < -0.39 is 35.4 Å². The predicted octanol–water partition coefficient (Wildman–Crippen LogP) is 3.76. The van der Waals surface area contributed by atoms with Crippen LogP contribution in [0.5, 0.6) is 5.75 Å². The minimum absolute atomic E-state index is 0.0988. The van der Waals surface area contributed by atoms with Crippen LogP contribution in [0.3, 0.4) is 0 Å². The molecular weight excluding hydrogens is 434 g/mol.